The highest BCUT2D eigenvalue weighted by Gasteiger charge is 2.60. The highest BCUT2D eigenvalue weighted by molar-refractivity contribution is 6.13. The number of rotatable bonds is 5. The van der Waals surface area contributed by atoms with Gasteiger partial charge in [-0.2, -0.15) is 0 Å². The van der Waals surface area contributed by atoms with Crippen molar-refractivity contribution in [2.24, 2.45) is 51.5 Å². The summed E-state index contributed by atoms with van der Waals surface area (Å²) < 4.78 is 0. The smallest absolute Gasteiger partial charge is 0.220 e. The number of allylic oxidation sites excluding steroid dienone is 3. The number of ketones is 1. The lowest BCUT2D eigenvalue weighted by Crippen LogP contribution is -2.52. The lowest BCUT2D eigenvalue weighted by atomic mass is 9.47. The quantitative estimate of drug-likeness (QED) is 0.379. The summed E-state index contributed by atoms with van der Waals surface area (Å²) in [6.07, 6.45) is 12.9. The molecule has 4 unspecified atom stereocenters. The molecule has 7 atom stereocenters. The molecule has 3 fully saturated rings. The molecule has 31 heavy (non-hydrogen) atoms. The van der Waals surface area contributed by atoms with Crippen LogP contribution in [0.1, 0.15) is 86.0 Å². The van der Waals surface area contributed by atoms with Gasteiger partial charge in [-0.3, -0.25) is 4.79 Å². The predicted molar refractivity (Wildman–Crippen MR) is 124 cm³/mol. The van der Waals surface area contributed by atoms with Gasteiger partial charge in [0.1, 0.15) is 0 Å². The molecule has 4 rings (SSSR count). The second kappa shape index (κ2) is 8.08. The maximum Gasteiger partial charge on any atom is 0.220 e. The summed E-state index contributed by atoms with van der Waals surface area (Å²) in [5.41, 5.74) is 1.38. The molecule has 0 aromatic heterocycles. The van der Waals surface area contributed by atoms with E-state index in [-0.39, 0.29) is 11.5 Å². The van der Waals surface area contributed by atoms with Crippen LogP contribution in [0.25, 0.3) is 0 Å². The van der Waals surface area contributed by atoms with E-state index in [0.29, 0.717) is 28.9 Å². The van der Waals surface area contributed by atoms with Gasteiger partial charge < -0.3 is 10.3 Å². The molecule has 0 saturated heterocycles. The molecule has 4 heteroatoms. The first-order chi connectivity index (χ1) is 14.6. The zero-order valence-electron chi connectivity index (χ0n) is 20.0. The summed E-state index contributed by atoms with van der Waals surface area (Å²) in [6, 6.07) is 0. The van der Waals surface area contributed by atoms with Crippen molar-refractivity contribution in [3.05, 3.63) is 23.5 Å². The maximum atomic E-state index is 12.2. The van der Waals surface area contributed by atoms with Crippen LogP contribution < -0.4 is 0 Å². The number of carbonyl (C=O) groups excluding carboxylic acids is 1. The highest BCUT2D eigenvalue weighted by Crippen LogP contribution is 2.66. The number of hydrogen-bond donors (Lipinski definition) is 2. The molecule has 4 nitrogen and oxygen atoms in total. The van der Waals surface area contributed by atoms with Gasteiger partial charge in [0.2, 0.25) is 5.78 Å². The van der Waals surface area contributed by atoms with E-state index in [1.165, 1.54) is 44.6 Å². The van der Waals surface area contributed by atoms with Gasteiger partial charge in [0.15, 0.2) is 5.76 Å². The molecule has 2 N–H and O–H groups in total. The molecule has 4 aliphatic carbocycles. The first-order valence-electron chi connectivity index (χ1n) is 12.5. The van der Waals surface area contributed by atoms with Crippen molar-refractivity contribution in [2.45, 2.75) is 86.0 Å². The van der Waals surface area contributed by atoms with Crippen LogP contribution in [-0.4, -0.2) is 21.8 Å². The van der Waals surface area contributed by atoms with Crippen LogP contribution in [0.2, 0.25) is 0 Å². The fourth-order valence-corrected chi connectivity index (χ4v) is 8.26. The van der Waals surface area contributed by atoms with E-state index in [9.17, 15) is 15.1 Å². The molecule has 4 aliphatic rings. The minimum Gasteiger partial charge on any atom is -0.504 e. The minimum absolute atomic E-state index is 0.152. The van der Waals surface area contributed by atoms with Gasteiger partial charge in [-0.05, 0) is 90.8 Å². The molecule has 3 saturated carbocycles. The van der Waals surface area contributed by atoms with E-state index in [0.717, 1.165) is 36.2 Å². The Hall–Kier alpha value is -1.58. The molecule has 0 heterocycles. The summed E-state index contributed by atoms with van der Waals surface area (Å²) >= 11 is 0. The zero-order valence-corrected chi connectivity index (χ0v) is 20.0. The second-order valence-electron chi connectivity index (χ2n) is 11.9. The molecule has 0 aromatic carbocycles. The number of oxime groups is 1. The highest BCUT2D eigenvalue weighted by atomic mass is 16.4. The van der Waals surface area contributed by atoms with Crippen molar-refractivity contribution in [2.75, 3.05) is 0 Å². The Labute approximate surface area is 187 Å². The average Bonchev–Trinajstić information content (AvgIpc) is 3.06. The Morgan fingerprint density at radius 2 is 1.87 bits per heavy atom. The van der Waals surface area contributed by atoms with E-state index in [1.54, 1.807) is 6.08 Å². The Morgan fingerprint density at radius 3 is 2.55 bits per heavy atom. The first-order valence-corrected chi connectivity index (χ1v) is 12.5. The van der Waals surface area contributed by atoms with Crippen molar-refractivity contribution < 1.29 is 15.1 Å². The van der Waals surface area contributed by atoms with Crippen LogP contribution in [-0.2, 0) is 4.79 Å². The number of nitrogens with zero attached hydrogens (tertiary/aromatic N) is 1. The van der Waals surface area contributed by atoms with Crippen molar-refractivity contribution >= 4 is 11.5 Å². The lowest BCUT2D eigenvalue weighted by Gasteiger charge is -2.57. The van der Waals surface area contributed by atoms with Crippen LogP contribution in [0.4, 0.5) is 0 Å². The van der Waals surface area contributed by atoms with Crippen molar-refractivity contribution in [1.82, 2.24) is 0 Å². The van der Waals surface area contributed by atoms with Crippen molar-refractivity contribution in [3.8, 4) is 0 Å². The van der Waals surface area contributed by atoms with E-state index >= 15 is 0 Å². The van der Waals surface area contributed by atoms with Gasteiger partial charge in [0, 0.05) is 5.41 Å². The van der Waals surface area contributed by atoms with Crippen LogP contribution in [0.5, 0.6) is 0 Å². The molecule has 0 radical (unpaired) electrons. The Kier molecular flexibility index (Phi) is 5.89. The molecule has 172 valence electrons. The van der Waals surface area contributed by atoms with Gasteiger partial charge in [0.05, 0.1) is 5.71 Å². The van der Waals surface area contributed by atoms with Crippen LogP contribution >= 0.6 is 0 Å². The third-order valence-electron chi connectivity index (χ3n) is 9.81. The minimum atomic E-state index is -0.426. The molecule has 0 aromatic rings. The Morgan fingerprint density at radius 1 is 1.13 bits per heavy atom. The summed E-state index contributed by atoms with van der Waals surface area (Å²) in [5.74, 6) is 3.22. The van der Waals surface area contributed by atoms with Crippen molar-refractivity contribution in [3.63, 3.8) is 0 Å². The van der Waals surface area contributed by atoms with E-state index in [2.05, 4.69) is 39.8 Å². The topological polar surface area (TPSA) is 69.9 Å². The van der Waals surface area contributed by atoms with Crippen LogP contribution in [0.3, 0.4) is 0 Å². The lowest BCUT2D eigenvalue weighted by molar-refractivity contribution is -0.114. The third kappa shape index (κ3) is 3.58. The molecule has 0 bridgehead atoms. The fraction of sp³-hybridized carbons (Fsp3) is 0.778. The number of hydrogen-bond acceptors (Lipinski definition) is 4. The summed E-state index contributed by atoms with van der Waals surface area (Å²) in [6.45, 7) is 11.8. The van der Waals surface area contributed by atoms with Gasteiger partial charge >= 0.3 is 0 Å². The van der Waals surface area contributed by atoms with Gasteiger partial charge in [-0.25, -0.2) is 0 Å². The SMILES string of the molecule is CC(C)CCCC(C)[C@H]1CCC2C3C/C(=N/O)C4=CC(=O)C(O)=C[C@]4(C)C3CC[C@@]21C. The summed E-state index contributed by atoms with van der Waals surface area (Å²) in [4.78, 5) is 12.2. The normalized spacial score (nSPS) is 42.0. The van der Waals surface area contributed by atoms with Crippen LogP contribution in [0, 0.1) is 46.3 Å². The van der Waals surface area contributed by atoms with Crippen molar-refractivity contribution in [1.29, 1.82) is 0 Å². The number of aliphatic hydroxyl groups is 1. The predicted octanol–water partition coefficient (Wildman–Crippen LogP) is 6.70. The van der Waals surface area contributed by atoms with Gasteiger partial charge in [-0.15, -0.1) is 0 Å². The Balaban J connectivity index is 1.60. The average molecular weight is 428 g/mol. The van der Waals surface area contributed by atoms with E-state index in [4.69, 9.17) is 0 Å². The third-order valence-corrected chi connectivity index (χ3v) is 9.81. The second-order valence-corrected chi connectivity index (χ2v) is 11.9. The molecule has 0 spiro atoms. The largest absolute Gasteiger partial charge is 0.504 e. The van der Waals surface area contributed by atoms with E-state index < -0.39 is 5.41 Å². The number of carbonyl (C=O) groups is 1. The fourth-order valence-electron chi connectivity index (χ4n) is 8.26. The molecular formula is C27H41NO3. The zero-order chi connectivity index (χ0) is 22.6. The summed E-state index contributed by atoms with van der Waals surface area (Å²) in [5, 5.41) is 23.8. The molecular weight excluding hydrogens is 386 g/mol. The Bertz CT molecular complexity index is 824. The maximum absolute atomic E-state index is 12.2. The number of aliphatic hydroxyl groups excluding tert-OH is 1. The van der Waals surface area contributed by atoms with Gasteiger partial charge in [-0.1, -0.05) is 59.0 Å². The number of fused-ring (bicyclic) bond motifs is 5. The van der Waals surface area contributed by atoms with E-state index in [1.807, 2.05) is 0 Å². The standard InChI is InChI=1S/C27H41NO3/c1-16(2)7-6-8-17(3)19-9-10-20-18-13-23(28-31)22-14-24(29)25(30)15-27(22,5)21(18)11-12-26(19,20)4/h14-21,30-31H,6-13H2,1-5H3/b28-23-/t17?,18?,19-,20?,21?,26-,27-/m1/s1. The molecule has 0 aliphatic heterocycles. The summed E-state index contributed by atoms with van der Waals surface area (Å²) in [7, 11) is 0. The monoisotopic (exact) mass is 427 g/mol. The van der Waals surface area contributed by atoms with Gasteiger partial charge in [0.25, 0.3) is 0 Å². The first kappa shape index (κ1) is 22.6. The molecule has 0 amide bonds. The van der Waals surface area contributed by atoms with Crippen LogP contribution in [0.15, 0.2) is 28.6 Å².